The molecule has 1 aliphatic heterocycles. The summed E-state index contributed by atoms with van der Waals surface area (Å²) in [7, 11) is -2.88. The molecule has 1 aromatic carbocycles. The summed E-state index contributed by atoms with van der Waals surface area (Å²) in [5.74, 6) is 0.686. The van der Waals surface area contributed by atoms with Crippen molar-refractivity contribution in [1.82, 2.24) is 0 Å². The zero-order valence-corrected chi connectivity index (χ0v) is 11.9. The number of carbonyl (C=O) groups excluding carboxylic acids is 1. The first kappa shape index (κ1) is 13.4. The van der Waals surface area contributed by atoms with E-state index in [9.17, 15) is 13.2 Å². The molecule has 2 N–H and O–H groups in total. The third kappa shape index (κ3) is 3.30. The Kier molecular flexibility index (Phi) is 3.41. The number of nitrogens with one attached hydrogen (secondary N) is 2. The van der Waals surface area contributed by atoms with Gasteiger partial charge in [-0.2, -0.15) is 0 Å². The fourth-order valence-corrected chi connectivity index (χ4v) is 4.09. The molecule has 6 heteroatoms. The van der Waals surface area contributed by atoms with Crippen LogP contribution in [-0.2, 0) is 14.6 Å². The summed E-state index contributed by atoms with van der Waals surface area (Å²) in [6.45, 7) is 0. The topological polar surface area (TPSA) is 75.3 Å². The molecule has 0 spiro atoms. The fraction of sp³-hybridized carbons (Fsp3) is 0.500. The van der Waals surface area contributed by atoms with Crippen LogP contribution in [0.3, 0.4) is 0 Å². The maximum absolute atomic E-state index is 11.7. The van der Waals surface area contributed by atoms with Gasteiger partial charge in [0.25, 0.3) is 0 Å². The number of amides is 1. The molecule has 0 aromatic heterocycles. The quantitative estimate of drug-likeness (QED) is 0.885. The van der Waals surface area contributed by atoms with E-state index in [0.29, 0.717) is 6.42 Å². The van der Waals surface area contributed by atoms with Crippen molar-refractivity contribution in [2.75, 3.05) is 22.1 Å². The number of sulfone groups is 1. The molecule has 20 heavy (non-hydrogen) atoms. The average Bonchev–Trinajstić information content (AvgIpc) is 3.16. The Morgan fingerprint density at radius 2 is 1.90 bits per heavy atom. The summed E-state index contributed by atoms with van der Waals surface area (Å²) in [6, 6.07) is 7.41. The molecule has 1 saturated heterocycles. The van der Waals surface area contributed by atoms with Crippen LogP contribution in [-0.4, -0.2) is 31.9 Å². The Balaban J connectivity index is 1.63. The van der Waals surface area contributed by atoms with Crippen molar-refractivity contribution in [2.24, 2.45) is 5.92 Å². The average molecular weight is 294 g/mol. The van der Waals surface area contributed by atoms with Crippen molar-refractivity contribution < 1.29 is 13.2 Å². The molecule has 1 aromatic rings. The first-order chi connectivity index (χ1) is 9.52. The van der Waals surface area contributed by atoms with Crippen LogP contribution in [0.25, 0.3) is 0 Å². The van der Waals surface area contributed by atoms with Gasteiger partial charge in [-0.05, 0) is 37.5 Å². The highest BCUT2D eigenvalue weighted by molar-refractivity contribution is 7.91. The van der Waals surface area contributed by atoms with Gasteiger partial charge in [-0.1, -0.05) is 6.07 Å². The number of anilines is 2. The molecule has 0 radical (unpaired) electrons. The van der Waals surface area contributed by atoms with Crippen molar-refractivity contribution in [2.45, 2.75) is 25.3 Å². The summed E-state index contributed by atoms with van der Waals surface area (Å²) in [5, 5.41) is 6.11. The summed E-state index contributed by atoms with van der Waals surface area (Å²) >= 11 is 0. The predicted octanol–water partition coefficient (Wildman–Crippen LogP) is 1.63. The van der Waals surface area contributed by atoms with Crippen molar-refractivity contribution in [3.05, 3.63) is 24.3 Å². The van der Waals surface area contributed by atoms with E-state index in [-0.39, 0.29) is 29.4 Å². The first-order valence-electron chi connectivity index (χ1n) is 6.90. The normalized spacial score (nSPS) is 24.3. The van der Waals surface area contributed by atoms with E-state index in [1.54, 1.807) is 0 Å². The number of carbonyl (C=O) groups is 1. The van der Waals surface area contributed by atoms with Crippen LogP contribution in [0.15, 0.2) is 24.3 Å². The lowest BCUT2D eigenvalue weighted by atomic mass is 10.2. The minimum atomic E-state index is -2.88. The lowest BCUT2D eigenvalue weighted by Crippen LogP contribution is -2.20. The highest BCUT2D eigenvalue weighted by atomic mass is 32.2. The largest absolute Gasteiger partial charge is 0.381 e. The van der Waals surface area contributed by atoms with Gasteiger partial charge in [0.05, 0.1) is 11.5 Å². The van der Waals surface area contributed by atoms with Crippen LogP contribution in [0.5, 0.6) is 0 Å². The van der Waals surface area contributed by atoms with Crippen molar-refractivity contribution in [3.63, 3.8) is 0 Å². The number of benzene rings is 1. The molecule has 1 saturated carbocycles. The van der Waals surface area contributed by atoms with Gasteiger partial charge in [-0.3, -0.25) is 4.79 Å². The van der Waals surface area contributed by atoms with Crippen LogP contribution in [0, 0.1) is 5.92 Å². The molecule has 1 amide bonds. The highest BCUT2D eigenvalue weighted by Crippen LogP contribution is 2.30. The molecule has 1 unspecified atom stereocenters. The Morgan fingerprint density at radius 3 is 2.55 bits per heavy atom. The standard InChI is InChI=1S/C14H18N2O3S/c17-14(10-4-5-10)16-12-3-1-2-11(8-12)15-13-6-7-20(18,19)9-13/h1-3,8,10,13,15H,4-7,9H2,(H,16,17). The molecule has 1 atom stereocenters. The summed E-state index contributed by atoms with van der Waals surface area (Å²) in [6.07, 6.45) is 2.59. The zero-order chi connectivity index (χ0) is 14.2. The first-order valence-corrected chi connectivity index (χ1v) is 8.72. The second-order valence-electron chi connectivity index (χ2n) is 5.59. The SMILES string of the molecule is O=C(Nc1cccc(NC2CCS(=O)(=O)C2)c1)C1CC1. The number of hydrogen-bond acceptors (Lipinski definition) is 4. The number of rotatable bonds is 4. The van der Waals surface area contributed by atoms with E-state index in [2.05, 4.69) is 10.6 Å². The van der Waals surface area contributed by atoms with Crippen LogP contribution >= 0.6 is 0 Å². The lowest BCUT2D eigenvalue weighted by molar-refractivity contribution is -0.117. The highest BCUT2D eigenvalue weighted by Gasteiger charge is 2.30. The second-order valence-corrected chi connectivity index (χ2v) is 7.82. The Bertz CT molecular complexity index is 623. The van der Waals surface area contributed by atoms with Gasteiger partial charge in [0.1, 0.15) is 0 Å². The van der Waals surface area contributed by atoms with Gasteiger partial charge in [-0.25, -0.2) is 8.42 Å². The summed E-state index contributed by atoms with van der Waals surface area (Å²) < 4.78 is 22.9. The van der Waals surface area contributed by atoms with E-state index in [1.165, 1.54) is 0 Å². The fourth-order valence-electron chi connectivity index (χ4n) is 2.42. The van der Waals surface area contributed by atoms with E-state index < -0.39 is 9.84 Å². The third-order valence-corrected chi connectivity index (χ3v) is 5.45. The van der Waals surface area contributed by atoms with Crippen LogP contribution < -0.4 is 10.6 Å². The van der Waals surface area contributed by atoms with E-state index in [0.717, 1.165) is 24.2 Å². The third-order valence-electron chi connectivity index (χ3n) is 3.68. The second kappa shape index (κ2) is 5.09. The van der Waals surface area contributed by atoms with E-state index in [4.69, 9.17) is 0 Å². The smallest absolute Gasteiger partial charge is 0.227 e. The minimum absolute atomic E-state index is 0.0330. The predicted molar refractivity (Wildman–Crippen MR) is 78.5 cm³/mol. The van der Waals surface area contributed by atoms with E-state index in [1.807, 2.05) is 24.3 Å². The van der Waals surface area contributed by atoms with Gasteiger partial charge >= 0.3 is 0 Å². The lowest BCUT2D eigenvalue weighted by Gasteiger charge is -2.13. The van der Waals surface area contributed by atoms with Crippen LogP contribution in [0.4, 0.5) is 11.4 Å². The van der Waals surface area contributed by atoms with Gasteiger partial charge in [0.15, 0.2) is 9.84 Å². The van der Waals surface area contributed by atoms with Crippen LogP contribution in [0.1, 0.15) is 19.3 Å². The minimum Gasteiger partial charge on any atom is -0.381 e. The maximum Gasteiger partial charge on any atom is 0.227 e. The Labute approximate surface area is 118 Å². The molecule has 2 fully saturated rings. The van der Waals surface area contributed by atoms with Gasteiger partial charge in [0.2, 0.25) is 5.91 Å². The van der Waals surface area contributed by atoms with Crippen molar-refractivity contribution >= 4 is 27.1 Å². The monoisotopic (exact) mass is 294 g/mol. The van der Waals surface area contributed by atoms with Gasteiger partial charge in [0, 0.05) is 23.3 Å². The molecule has 5 nitrogen and oxygen atoms in total. The Hall–Kier alpha value is -1.56. The molecule has 108 valence electrons. The molecule has 1 aliphatic carbocycles. The Morgan fingerprint density at radius 1 is 1.15 bits per heavy atom. The molecule has 0 bridgehead atoms. The molecule has 1 heterocycles. The molecular weight excluding hydrogens is 276 g/mol. The summed E-state index contributed by atoms with van der Waals surface area (Å²) in [5.41, 5.74) is 1.61. The van der Waals surface area contributed by atoms with Crippen molar-refractivity contribution in [3.8, 4) is 0 Å². The summed E-state index contributed by atoms with van der Waals surface area (Å²) in [4.78, 5) is 11.7. The van der Waals surface area contributed by atoms with Crippen molar-refractivity contribution in [1.29, 1.82) is 0 Å². The molecule has 3 rings (SSSR count). The maximum atomic E-state index is 11.7. The molecular formula is C14H18N2O3S. The number of hydrogen-bond donors (Lipinski definition) is 2. The van der Waals surface area contributed by atoms with Gasteiger partial charge in [-0.15, -0.1) is 0 Å². The van der Waals surface area contributed by atoms with Crippen LogP contribution in [0.2, 0.25) is 0 Å². The zero-order valence-electron chi connectivity index (χ0n) is 11.1. The van der Waals surface area contributed by atoms with E-state index >= 15 is 0 Å². The van der Waals surface area contributed by atoms with Gasteiger partial charge < -0.3 is 10.6 Å². The molecule has 2 aliphatic rings.